The summed E-state index contributed by atoms with van der Waals surface area (Å²) in [5.74, 6) is 0. The van der Waals surface area contributed by atoms with Crippen molar-refractivity contribution in [1.82, 2.24) is 0 Å². The third-order valence-corrected chi connectivity index (χ3v) is 0. The first kappa shape index (κ1) is 9.80. The van der Waals surface area contributed by atoms with Gasteiger partial charge < -0.3 is 0 Å². The Balaban J connectivity index is 0. The second-order valence-corrected chi connectivity index (χ2v) is 1.56. The Morgan fingerprint density at radius 1 is 1.17 bits per heavy atom. The van der Waals surface area contributed by atoms with Gasteiger partial charge in [0.2, 0.25) is 0 Å². The first-order chi connectivity index (χ1) is 2.00. The van der Waals surface area contributed by atoms with Gasteiger partial charge >= 0.3 is 51.0 Å². The fourth-order valence-electron chi connectivity index (χ4n) is 0. The summed E-state index contributed by atoms with van der Waals surface area (Å²) in [6.45, 7) is 0. The summed E-state index contributed by atoms with van der Waals surface area (Å²) in [7, 11) is 0. The average Bonchev–Trinajstić information content (AvgIpc) is 0.722. The Morgan fingerprint density at radius 3 is 1.17 bits per heavy atom. The predicted molar refractivity (Wildman–Crippen MR) is 2.06 cm³/mol. The molecule has 0 aromatic carbocycles. The molecular weight excluding hydrogens is 316 g/mol. The van der Waals surface area contributed by atoms with Gasteiger partial charge in [-0.3, -0.25) is 0 Å². The molecule has 6 heteroatoms. The van der Waals surface area contributed by atoms with Crippen LogP contribution in [0.2, 0.25) is 0 Å². The molecule has 4 nitrogen and oxygen atoms in total. The van der Waals surface area contributed by atoms with E-state index in [4.69, 9.17) is 15.7 Å². The van der Waals surface area contributed by atoms with Crippen molar-refractivity contribution >= 4 is 0 Å². The minimum absolute atomic E-state index is 0. The van der Waals surface area contributed by atoms with E-state index in [0.29, 0.717) is 0 Å². The van der Waals surface area contributed by atoms with E-state index in [1.807, 2.05) is 0 Å². The van der Waals surface area contributed by atoms with E-state index in [9.17, 15) is 0 Å². The average molecular weight is 316 g/mol. The summed E-state index contributed by atoms with van der Waals surface area (Å²) in [5.41, 5.74) is 0. The van der Waals surface area contributed by atoms with Gasteiger partial charge in [-0.15, -0.1) is 0 Å². The fraction of sp³-hybridized carbons (Fsp3) is 0. The Hall–Kier alpha value is 0.620. The zero-order valence-corrected chi connectivity index (χ0v) is 5.66. The number of hydrogen-bond donors (Lipinski definition) is 0. The molecule has 6 heavy (non-hydrogen) atoms. The molecule has 0 bridgehead atoms. The van der Waals surface area contributed by atoms with Crippen molar-refractivity contribution < 1.29 is 51.0 Å². The summed E-state index contributed by atoms with van der Waals surface area (Å²) < 4.78 is 34.3. The van der Waals surface area contributed by atoms with Gasteiger partial charge in [0, 0.05) is 0 Å². The SMILES string of the molecule is [Au+].[O]=[Mn](=[O])(=[O])[O-]. The Labute approximate surface area is 51.2 Å². The van der Waals surface area contributed by atoms with Gasteiger partial charge in [-0.1, -0.05) is 0 Å². The maximum absolute atomic E-state index is 8.58. The van der Waals surface area contributed by atoms with Gasteiger partial charge in [0.15, 0.2) is 0 Å². The van der Waals surface area contributed by atoms with Crippen LogP contribution in [-0.4, -0.2) is 0 Å². The van der Waals surface area contributed by atoms with Crippen LogP contribution in [0.5, 0.6) is 0 Å². The summed E-state index contributed by atoms with van der Waals surface area (Å²) >= 11 is -5.62. The van der Waals surface area contributed by atoms with Gasteiger partial charge in [0.1, 0.15) is 0 Å². The van der Waals surface area contributed by atoms with Gasteiger partial charge in [-0.05, 0) is 0 Å². The third kappa shape index (κ3) is 158. The molecule has 0 rings (SSSR count). The quantitative estimate of drug-likeness (QED) is 0.507. The Morgan fingerprint density at radius 2 is 1.17 bits per heavy atom. The zero-order valence-electron chi connectivity index (χ0n) is 2.31. The number of hydrogen-bond acceptors (Lipinski definition) is 4. The molecule has 0 heterocycles. The van der Waals surface area contributed by atoms with E-state index in [0.717, 1.165) is 0 Å². The van der Waals surface area contributed by atoms with Gasteiger partial charge in [-0.25, -0.2) is 0 Å². The molecule has 0 aromatic heterocycles. The van der Waals surface area contributed by atoms with Gasteiger partial charge in [-0.2, -0.15) is 0 Å². The van der Waals surface area contributed by atoms with Crippen LogP contribution in [0.4, 0.5) is 0 Å². The molecule has 42 valence electrons. The second kappa shape index (κ2) is 2.74. The maximum atomic E-state index is 8.58. The first-order valence-electron chi connectivity index (χ1n) is 0.617. The van der Waals surface area contributed by atoms with Crippen molar-refractivity contribution in [1.29, 1.82) is 0 Å². The van der Waals surface area contributed by atoms with Crippen molar-refractivity contribution in [2.75, 3.05) is 0 Å². The molecule has 0 N–H and O–H groups in total. The summed E-state index contributed by atoms with van der Waals surface area (Å²) in [6, 6.07) is 0. The van der Waals surface area contributed by atoms with Crippen LogP contribution in [0.1, 0.15) is 0 Å². The minimum atomic E-state index is -5.62. The van der Waals surface area contributed by atoms with Crippen LogP contribution in [0, 0.1) is 0 Å². The van der Waals surface area contributed by atoms with E-state index < -0.39 is 13.0 Å². The Bertz CT molecular complexity index is 129. The fourth-order valence-corrected chi connectivity index (χ4v) is 0. The van der Waals surface area contributed by atoms with Gasteiger partial charge in [0.25, 0.3) is 0 Å². The normalized spacial score (nSPS) is 9.50. The molecule has 0 radical (unpaired) electrons. The molecule has 0 atom stereocenters. The standard InChI is InChI=1S/Au.Mn.4O/q+1;;;;;-1. The molecule has 0 spiro atoms. The predicted octanol–water partition coefficient (Wildman–Crippen LogP) is -1.55. The summed E-state index contributed by atoms with van der Waals surface area (Å²) in [6.07, 6.45) is 0. The Kier molecular flexibility index (Phi) is 4.47. The van der Waals surface area contributed by atoms with Gasteiger partial charge in [0.05, 0.1) is 0 Å². The van der Waals surface area contributed by atoms with Crippen LogP contribution in [0.25, 0.3) is 0 Å². The van der Waals surface area contributed by atoms with E-state index in [1.165, 1.54) is 0 Å². The van der Waals surface area contributed by atoms with E-state index in [1.54, 1.807) is 0 Å². The molecule has 0 aliphatic heterocycles. The van der Waals surface area contributed by atoms with Crippen molar-refractivity contribution in [3.63, 3.8) is 0 Å². The van der Waals surface area contributed by atoms with Crippen molar-refractivity contribution in [3.8, 4) is 0 Å². The first-order valence-corrected chi connectivity index (χ1v) is 2.54. The van der Waals surface area contributed by atoms with E-state index >= 15 is 0 Å². The topological polar surface area (TPSA) is 74.3 Å². The molecular formula is AuMnO4. The van der Waals surface area contributed by atoms with E-state index in [2.05, 4.69) is 0 Å². The van der Waals surface area contributed by atoms with Crippen LogP contribution in [0.15, 0.2) is 0 Å². The molecule has 0 fully saturated rings. The van der Waals surface area contributed by atoms with Crippen molar-refractivity contribution in [2.45, 2.75) is 0 Å². The van der Waals surface area contributed by atoms with Crippen molar-refractivity contribution in [3.05, 3.63) is 0 Å². The summed E-state index contributed by atoms with van der Waals surface area (Å²) in [5, 5.41) is 0. The molecule has 0 saturated heterocycles. The zero-order chi connectivity index (χ0) is 4.50. The summed E-state index contributed by atoms with van der Waals surface area (Å²) in [4.78, 5) is 0. The van der Waals surface area contributed by atoms with E-state index in [-0.39, 0.29) is 22.4 Å². The second-order valence-electron chi connectivity index (χ2n) is 0.378. The molecule has 0 unspecified atom stereocenters. The molecule has 0 aliphatic rings. The third-order valence-electron chi connectivity index (χ3n) is 0. The molecule has 0 aromatic rings. The van der Waals surface area contributed by atoms with Crippen LogP contribution >= 0.6 is 0 Å². The van der Waals surface area contributed by atoms with Crippen molar-refractivity contribution in [2.24, 2.45) is 0 Å². The molecule has 0 amide bonds. The monoisotopic (exact) mass is 316 g/mol. The van der Waals surface area contributed by atoms with Crippen LogP contribution in [0.3, 0.4) is 0 Å². The molecule has 0 saturated carbocycles. The van der Waals surface area contributed by atoms with Crippen LogP contribution in [-0.2, 0) is 46.9 Å². The molecule has 0 aliphatic carbocycles. The van der Waals surface area contributed by atoms with Crippen LogP contribution < -0.4 is 4.19 Å². The number of rotatable bonds is 0.